The SMILES string of the molecule is CN[C@]1(OCc2ccccc2)CC[C@@]2(C)C(CC[C@]3(C)[C@@H]2CC=C2[C@H]4CC(C)(C)C[C@@H](OCc5ccccc5)[C@]4(C)CC[C@]23C)C1(C)C. The van der Waals surface area contributed by atoms with Crippen LogP contribution >= 0.6 is 0 Å². The van der Waals surface area contributed by atoms with Crippen molar-refractivity contribution < 1.29 is 9.47 Å². The quantitative estimate of drug-likeness (QED) is 0.239. The molecule has 262 valence electrons. The molecule has 1 unspecified atom stereocenters. The van der Waals surface area contributed by atoms with Crippen molar-refractivity contribution in [2.45, 2.75) is 138 Å². The maximum Gasteiger partial charge on any atom is 0.124 e. The molecule has 3 heteroatoms. The summed E-state index contributed by atoms with van der Waals surface area (Å²) in [5.41, 5.74) is 5.33. The third-order valence-corrected chi connectivity index (χ3v) is 16.3. The Bertz CT molecular complexity index is 1500. The molecule has 5 aliphatic rings. The van der Waals surface area contributed by atoms with Crippen molar-refractivity contribution in [3.8, 4) is 0 Å². The average molecular weight is 652 g/mol. The van der Waals surface area contributed by atoms with Gasteiger partial charge in [-0.15, -0.1) is 0 Å². The molecule has 3 nitrogen and oxygen atoms in total. The van der Waals surface area contributed by atoms with E-state index in [0.717, 1.165) is 19.4 Å². The summed E-state index contributed by atoms with van der Waals surface area (Å²) in [4.78, 5) is 0. The van der Waals surface area contributed by atoms with E-state index in [2.05, 4.69) is 134 Å². The van der Waals surface area contributed by atoms with Gasteiger partial charge in [0, 0.05) is 10.8 Å². The Morgan fingerprint density at radius 2 is 1.31 bits per heavy atom. The van der Waals surface area contributed by atoms with Gasteiger partial charge in [-0.2, -0.15) is 0 Å². The zero-order valence-electron chi connectivity index (χ0n) is 31.8. The predicted octanol–water partition coefficient (Wildman–Crippen LogP) is 11.1. The monoisotopic (exact) mass is 652 g/mol. The fourth-order valence-corrected chi connectivity index (χ4v) is 13.2. The minimum atomic E-state index is -0.324. The van der Waals surface area contributed by atoms with Crippen LogP contribution in [-0.2, 0) is 22.7 Å². The molecule has 5 aliphatic carbocycles. The first-order chi connectivity index (χ1) is 22.6. The number of nitrogens with one attached hydrogen (secondary N) is 1. The molecule has 4 saturated carbocycles. The van der Waals surface area contributed by atoms with E-state index in [1.54, 1.807) is 0 Å². The van der Waals surface area contributed by atoms with Crippen molar-refractivity contribution in [1.82, 2.24) is 5.32 Å². The number of benzene rings is 2. The largest absolute Gasteiger partial charge is 0.373 e. The van der Waals surface area contributed by atoms with E-state index < -0.39 is 0 Å². The number of hydrogen-bond donors (Lipinski definition) is 1. The Hall–Kier alpha value is -1.94. The van der Waals surface area contributed by atoms with E-state index in [1.165, 1.54) is 56.1 Å². The fraction of sp³-hybridized carbons (Fsp3) is 0.689. The van der Waals surface area contributed by atoms with Crippen LogP contribution in [0.5, 0.6) is 0 Å². The molecule has 0 bridgehead atoms. The van der Waals surface area contributed by atoms with Gasteiger partial charge in [0.05, 0.1) is 19.3 Å². The van der Waals surface area contributed by atoms with Gasteiger partial charge in [0.25, 0.3) is 0 Å². The maximum atomic E-state index is 6.99. The maximum absolute atomic E-state index is 6.99. The predicted molar refractivity (Wildman–Crippen MR) is 198 cm³/mol. The van der Waals surface area contributed by atoms with Crippen LogP contribution in [0.15, 0.2) is 72.3 Å². The van der Waals surface area contributed by atoms with Crippen molar-refractivity contribution in [1.29, 1.82) is 0 Å². The van der Waals surface area contributed by atoms with Crippen LogP contribution in [0, 0.1) is 50.2 Å². The van der Waals surface area contributed by atoms with Gasteiger partial charge < -0.3 is 9.47 Å². The summed E-state index contributed by atoms with van der Waals surface area (Å²) < 4.78 is 14.0. The molecule has 0 spiro atoms. The van der Waals surface area contributed by atoms with Crippen molar-refractivity contribution >= 4 is 0 Å². The topological polar surface area (TPSA) is 30.5 Å². The third-order valence-electron chi connectivity index (χ3n) is 16.3. The summed E-state index contributed by atoms with van der Waals surface area (Å²) in [5, 5.41) is 3.78. The van der Waals surface area contributed by atoms with Gasteiger partial charge in [0.15, 0.2) is 0 Å². The first-order valence-electron chi connectivity index (χ1n) is 19.4. The molecule has 48 heavy (non-hydrogen) atoms. The first kappa shape index (κ1) is 34.5. The van der Waals surface area contributed by atoms with Crippen LogP contribution in [-0.4, -0.2) is 18.9 Å². The Kier molecular flexibility index (Phi) is 8.49. The molecule has 0 radical (unpaired) electrons. The molecule has 2 aromatic carbocycles. The Balaban J connectivity index is 1.18. The van der Waals surface area contributed by atoms with Gasteiger partial charge >= 0.3 is 0 Å². The summed E-state index contributed by atoms with van der Waals surface area (Å²) >= 11 is 0. The van der Waals surface area contributed by atoms with E-state index in [-0.39, 0.29) is 32.8 Å². The minimum absolute atomic E-state index is 0.0115. The molecule has 0 heterocycles. The number of hydrogen-bond acceptors (Lipinski definition) is 3. The highest BCUT2D eigenvalue weighted by Gasteiger charge is 2.70. The van der Waals surface area contributed by atoms with Crippen LogP contribution in [0.3, 0.4) is 0 Å². The highest BCUT2D eigenvalue weighted by Crippen LogP contribution is 2.76. The molecule has 0 saturated heterocycles. The third kappa shape index (κ3) is 5.06. The standard InChI is InChI=1S/C45H65NO2/c1-39(2)28-35-34-20-21-37-42(6)25-27-45(46-9,48-31-33-18-14-11-15-19-33)40(3,4)36(42)22-23-44(37,8)43(34,7)26-24-41(35,5)38(29-39)47-30-32-16-12-10-13-17-32/h10-20,35-38,46H,21-31H2,1-9H3/t35-,36?,37-,38-,41-,42+,43-,44-,45+/m1/s1. The first-order valence-corrected chi connectivity index (χ1v) is 19.4. The lowest BCUT2D eigenvalue weighted by atomic mass is 9.33. The molecule has 1 N–H and O–H groups in total. The lowest BCUT2D eigenvalue weighted by molar-refractivity contribution is -0.262. The molecule has 0 aromatic heterocycles. The molecule has 9 atom stereocenters. The Labute approximate surface area is 293 Å². The van der Waals surface area contributed by atoms with Crippen LogP contribution in [0.1, 0.15) is 124 Å². The van der Waals surface area contributed by atoms with Gasteiger partial charge in [0.2, 0.25) is 0 Å². The Morgan fingerprint density at radius 1 is 0.688 bits per heavy atom. The van der Waals surface area contributed by atoms with E-state index in [9.17, 15) is 0 Å². The number of allylic oxidation sites excluding steroid dienone is 2. The summed E-state index contributed by atoms with van der Waals surface area (Å²) in [6.07, 6.45) is 14.2. The molecular weight excluding hydrogens is 587 g/mol. The zero-order valence-corrected chi connectivity index (χ0v) is 31.8. The fourth-order valence-electron chi connectivity index (χ4n) is 13.2. The lowest BCUT2D eigenvalue weighted by Gasteiger charge is -2.73. The van der Waals surface area contributed by atoms with Crippen molar-refractivity contribution in [2.24, 2.45) is 50.2 Å². The number of fused-ring (bicyclic) bond motifs is 7. The van der Waals surface area contributed by atoms with Crippen LogP contribution in [0.25, 0.3) is 0 Å². The van der Waals surface area contributed by atoms with Gasteiger partial charge in [-0.25, -0.2) is 0 Å². The minimum Gasteiger partial charge on any atom is -0.373 e. The summed E-state index contributed by atoms with van der Waals surface area (Å²) in [6.45, 7) is 22.2. The Morgan fingerprint density at radius 3 is 1.96 bits per heavy atom. The highest BCUT2D eigenvalue weighted by molar-refractivity contribution is 5.34. The van der Waals surface area contributed by atoms with Gasteiger partial charge in [0.1, 0.15) is 5.72 Å². The average Bonchev–Trinajstić information content (AvgIpc) is 3.05. The summed E-state index contributed by atoms with van der Waals surface area (Å²) in [5.74, 6) is 1.89. The summed E-state index contributed by atoms with van der Waals surface area (Å²) in [7, 11) is 2.14. The van der Waals surface area contributed by atoms with Crippen LogP contribution in [0.2, 0.25) is 0 Å². The molecular formula is C45H65NO2. The molecule has 4 fully saturated rings. The smallest absolute Gasteiger partial charge is 0.124 e. The molecule has 7 rings (SSSR count). The normalized spacial score (nSPS) is 42.8. The van der Waals surface area contributed by atoms with Gasteiger partial charge in [-0.1, -0.05) is 128 Å². The van der Waals surface area contributed by atoms with E-state index in [1.807, 2.05) is 5.57 Å². The molecule has 0 aliphatic heterocycles. The number of rotatable bonds is 7. The van der Waals surface area contributed by atoms with Crippen LogP contribution in [0.4, 0.5) is 0 Å². The van der Waals surface area contributed by atoms with Crippen molar-refractivity contribution in [2.75, 3.05) is 7.05 Å². The van der Waals surface area contributed by atoms with Crippen molar-refractivity contribution in [3.05, 3.63) is 83.4 Å². The second kappa shape index (κ2) is 11.8. The molecule has 0 amide bonds. The summed E-state index contributed by atoms with van der Waals surface area (Å²) in [6, 6.07) is 21.6. The van der Waals surface area contributed by atoms with E-state index >= 15 is 0 Å². The second-order valence-electron chi connectivity index (χ2n) is 19.3. The lowest BCUT2D eigenvalue weighted by Crippen LogP contribution is -2.70. The highest BCUT2D eigenvalue weighted by atomic mass is 16.5. The van der Waals surface area contributed by atoms with E-state index in [0.29, 0.717) is 35.9 Å². The van der Waals surface area contributed by atoms with Gasteiger partial charge in [-0.05, 0) is 115 Å². The van der Waals surface area contributed by atoms with Gasteiger partial charge in [-0.3, -0.25) is 5.32 Å². The second-order valence-corrected chi connectivity index (χ2v) is 19.3. The van der Waals surface area contributed by atoms with E-state index in [4.69, 9.17) is 9.47 Å². The van der Waals surface area contributed by atoms with Crippen LogP contribution < -0.4 is 5.32 Å². The zero-order chi connectivity index (χ0) is 34.2. The molecule has 2 aromatic rings. The number of ether oxygens (including phenoxy) is 2. The van der Waals surface area contributed by atoms with Crippen molar-refractivity contribution in [3.63, 3.8) is 0 Å².